The highest BCUT2D eigenvalue weighted by atomic mass is 79.9. The number of ketones is 1. The molecule has 0 aliphatic carbocycles. The molecule has 2 aromatic carbocycles. The minimum Gasteiger partial charge on any atom is -0.507 e. The van der Waals surface area contributed by atoms with Crippen LogP contribution in [0.2, 0.25) is 0 Å². The van der Waals surface area contributed by atoms with Crippen molar-refractivity contribution in [2.24, 2.45) is 0 Å². The number of nitrogens with zero attached hydrogens (tertiary/aromatic N) is 2. The second kappa shape index (κ2) is 9.66. The van der Waals surface area contributed by atoms with Gasteiger partial charge in [0, 0.05) is 16.6 Å². The van der Waals surface area contributed by atoms with Crippen LogP contribution in [0, 0.1) is 6.92 Å². The number of aliphatic hydroxyl groups is 1. The van der Waals surface area contributed by atoms with Gasteiger partial charge in [0.1, 0.15) is 11.5 Å². The van der Waals surface area contributed by atoms with Gasteiger partial charge in [-0.25, -0.2) is 0 Å². The van der Waals surface area contributed by atoms with Crippen LogP contribution in [0.1, 0.15) is 29.2 Å². The molecule has 164 valence electrons. The number of methoxy groups -OCH3 is 1. The fraction of sp³-hybridized carbons (Fsp3) is 0.333. The Hall–Kier alpha value is -2.64. The monoisotopic (exact) mass is 486 g/mol. The Labute approximate surface area is 191 Å². The second-order valence-electron chi connectivity index (χ2n) is 7.89. The van der Waals surface area contributed by atoms with Gasteiger partial charge in [-0.2, -0.15) is 0 Å². The highest BCUT2D eigenvalue weighted by Gasteiger charge is 2.45. The molecule has 3 rings (SSSR count). The first kappa shape index (κ1) is 23.0. The maximum absolute atomic E-state index is 13.1. The first-order valence-electron chi connectivity index (χ1n) is 10.1. The summed E-state index contributed by atoms with van der Waals surface area (Å²) in [5.74, 6) is -0.765. The topological polar surface area (TPSA) is 70.1 Å². The molecule has 7 heteroatoms. The molecule has 1 amide bonds. The van der Waals surface area contributed by atoms with Crippen LogP contribution < -0.4 is 4.74 Å². The van der Waals surface area contributed by atoms with E-state index in [9.17, 15) is 14.7 Å². The smallest absolute Gasteiger partial charge is 0.295 e. The van der Waals surface area contributed by atoms with Crippen LogP contribution in [0.5, 0.6) is 5.75 Å². The molecule has 31 heavy (non-hydrogen) atoms. The van der Waals surface area contributed by atoms with Crippen LogP contribution in [0.25, 0.3) is 5.76 Å². The molecule has 0 aromatic heterocycles. The average Bonchev–Trinajstić information content (AvgIpc) is 2.98. The van der Waals surface area contributed by atoms with Gasteiger partial charge in [0.15, 0.2) is 0 Å². The maximum atomic E-state index is 13.1. The summed E-state index contributed by atoms with van der Waals surface area (Å²) in [7, 11) is 5.50. The Morgan fingerprint density at radius 1 is 1.19 bits per heavy atom. The van der Waals surface area contributed by atoms with E-state index in [-0.39, 0.29) is 11.3 Å². The number of benzene rings is 2. The molecule has 1 fully saturated rings. The Morgan fingerprint density at radius 3 is 2.55 bits per heavy atom. The van der Waals surface area contributed by atoms with E-state index in [4.69, 9.17) is 4.74 Å². The van der Waals surface area contributed by atoms with Gasteiger partial charge in [-0.3, -0.25) is 9.59 Å². The van der Waals surface area contributed by atoms with Crippen LogP contribution >= 0.6 is 15.9 Å². The number of Topliss-reactive ketones (excluding diaryl/α,β-unsaturated/α-hetero) is 1. The molecule has 0 spiro atoms. The summed E-state index contributed by atoms with van der Waals surface area (Å²) >= 11 is 3.47. The number of aryl methyl sites for hydroxylation is 1. The largest absolute Gasteiger partial charge is 0.507 e. The van der Waals surface area contributed by atoms with Crippen LogP contribution in [-0.4, -0.2) is 60.9 Å². The summed E-state index contributed by atoms with van der Waals surface area (Å²) in [6.07, 6.45) is 0.714. The minimum atomic E-state index is -0.664. The Balaban J connectivity index is 2.12. The van der Waals surface area contributed by atoms with E-state index in [0.717, 1.165) is 22.1 Å². The third-order valence-electron chi connectivity index (χ3n) is 5.40. The molecule has 1 N–H and O–H groups in total. The molecule has 0 unspecified atom stereocenters. The van der Waals surface area contributed by atoms with Gasteiger partial charge in [-0.05, 0) is 75.4 Å². The Kier molecular flexibility index (Phi) is 7.18. The Bertz CT molecular complexity index is 1030. The molecule has 2 aromatic rings. The number of aliphatic hydroxyl groups excluding tert-OH is 1. The first-order chi connectivity index (χ1) is 14.7. The molecule has 1 atom stereocenters. The van der Waals surface area contributed by atoms with Gasteiger partial charge in [0.2, 0.25) is 0 Å². The van der Waals surface area contributed by atoms with E-state index in [1.54, 1.807) is 30.2 Å². The molecule has 1 aliphatic heterocycles. The van der Waals surface area contributed by atoms with E-state index in [0.29, 0.717) is 24.3 Å². The van der Waals surface area contributed by atoms with Crippen LogP contribution in [-0.2, 0) is 9.59 Å². The van der Waals surface area contributed by atoms with E-state index in [1.807, 2.05) is 50.2 Å². The van der Waals surface area contributed by atoms with Crippen molar-refractivity contribution in [3.8, 4) is 5.75 Å². The van der Waals surface area contributed by atoms with Crippen LogP contribution in [0.4, 0.5) is 0 Å². The summed E-state index contributed by atoms with van der Waals surface area (Å²) in [6, 6.07) is 12.1. The number of amides is 1. The third-order valence-corrected chi connectivity index (χ3v) is 5.89. The van der Waals surface area contributed by atoms with Crippen LogP contribution in [0.3, 0.4) is 0 Å². The van der Waals surface area contributed by atoms with Crippen LogP contribution in [0.15, 0.2) is 52.5 Å². The van der Waals surface area contributed by atoms with Gasteiger partial charge < -0.3 is 19.6 Å². The number of halogens is 1. The molecule has 1 saturated heterocycles. The zero-order valence-electron chi connectivity index (χ0n) is 18.2. The number of carbonyl (C=O) groups is 2. The minimum absolute atomic E-state index is 0.112. The van der Waals surface area contributed by atoms with E-state index < -0.39 is 17.7 Å². The number of ether oxygens (including phenoxy) is 1. The lowest BCUT2D eigenvalue weighted by Crippen LogP contribution is -2.32. The van der Waals surface area contributed by atoms with Crippen molar-refractivity contribution in [1.29, 1.82) is 0 Å². The van der Waals surface area contributed by atoms with E-state index in [1.165, 1.54) is 0 Å². The quantitative estimate of drug-likeness (QED) is 0.361. The standard InChI is InChI=1S/C24H27BrN2O4/c1-15-13-18(31-4)9-10-19(15)22(28)20-21(16-7-5-8-17(25)14-16)27(24(30)23(20)29)12-6-11-26(2)3/h5,7-10,13-14,21,28H,6,11-12H2,1-4H3/t21-/m0/s1. The highest BCUT2D eigenvalue weighted by Crippen LogP contribution is 2.40. The number of carbonyl (C=O) groups excluding carboxylic acids is 2. The molecule has 0 saturated carbocycles. The molecule has 1 aliphatic rings. The second-order valence-corrected chi connectivity index (χ2v) is 8.80. The Morgan fingerprint density at radius 2 is 1.94 bits per heavy atom. The summed E-state index contributed by atoms with van der Waals surface area (Å²) in [6.45, 7) is 3.03. The highest BCUT2D eigenvalue weighted by molar-refractivity contribution is 9.10. The zero-order chi connectivity index (χ0) is 22.7. The molecule has 0 radical (unpaired) electrons. The van der Waals surface area contributed by atoms with Crippen molar-refractivity contribution < 1.29 is 19.4 Å². The van der Waals surface area contributed by atoms with E-state index in [2.05, 4.69) is 15.9 Å². The molecular formula is C24H27BrN2O4. The fourth-order valence-electron chi connectivity index (χ4n) is 3.87. The lowest BCUT2D eigenvalue weighted by molar-refractivity contribution is -0.139. The third kappa shape index (κ3) is 4.83. The van der Waals surface area contributed by atoms with Gasteiger partial charge in [-0.1, -0.05) is 28.1 Å². The maximum Gasteiger partial charge on any atom is 0.295 e. The summed E-state index contributed by atoms with van der Waals surface area (Å²) < 4.78 is 6.08. The van der Waals surface area contributed by atoms with Crippen molar-refractivity contribution in [2.45, 2.75) is 19.4 Å². The molecular weight excluding hydrogens is 460 g/mol. The van der Waals surface area contributed by atoms with Gasteiger partial charge in [0.05, 0.1) is 18.7 Å². The van der Waals surface area contributed by atoms with Crippen molar-refractivity contribution in [2.75, 3.05) is 34.3 Å². The summed E-state index contributed by atoms with van der Waals surface area (Å²) in [5.41, 5.74) is 2.14. The average molecular weight is 487 g/mol. The molecule has 6 nitrogen and oxygen atoms in total. The van der Waals surface area contributed by atoms with Gasteiger partial charge in [0.25, 0.3) is 11.7 Å². The number of likely N-dealkylation sites (tertiary alicyclic amines) is 1. The van der Waals surface area contributed by atoms with Crippen molar-refractivity contribution >= 4 is 33.4 Å². The van der Waals surface area contributed by atoms with Gasteiger partial charge in [-0.15, -0.1) is 0 Å². The molecule has 0 bridgehead atoms. The van der Waals surface area contributed by atoms with Crippen molar-refractivity contribution in [3.63, 3.8) is 0 Å². The number of hydrogen-bond donors (Lipinski definition) is 1. The summed E-state index contributed by atoms with van der Waals surface area (Å²) in [5, 5.41) is 11.2. The SMILES string of the molecule is COc1ccc(C(O)=C2C(=O)C(=O)N(CCCN(C)C)[C@H]2c2cccc(Br)c2)c(C)c1. The first-order valence-corrected chi connectivity index (χ1v) is 10.9. The normalized spacial score (nSPS) is 18.1. The number of hydrogen-bond acceptors (Lipinski definition) is 5. The van der Waals surface area contributed by atoms with Crippen molar-refractivity contribution in [3.05, 3.63) is 69.2 Å². The number of rotatable bonds is 7. The van der Waals surface area contributed by atoms with Crippen molar-refractivity contribution in [1.82, 2.24) is 9.80 Å². The predicted octanol–water partition coefficient (Wildman–Crippen LogP) is 4.14. The lowest BCUT2D eigenvalue weighted by atomic mass is 9.94. The van der Waals surface area contributed by atoms with E-state index >= 15 is 0 Å². The zero-order valence-corrected chi connectivity index (χ0v) is 19.8. The lowest BCUT2D eigenvalue weighted by Gasteiger charge is -2.26. The van der Waals surface area contributed by atoms with Gasteiger partial charge >= 0.3 is 0 Å². The fourth-order valence-corrected chi connectivity index (χ4v) is 4.28. The molecule has 1 heterocycles. The summed E-state index contributed by atoms with van der Waals surface area (Å²) in [4.78, 5) is 29.6. The predicted molar refractivity (Wildman–Crippen MR) is 124 cm³/mol.